The van der Waals surface area contributed by atoms with Gasteiger partial charge in [0.1, 0.15) is 5.82 Å². The van der Waals surface area contributed by atoms with Crippen LogP contribution < -0.4 is 14.8 Å². The molecule has 1 aromatic heterocycles. The molecule has 134 valence electrons. The highest BCUT2D eigenvalue weighted by Crippen LogP contribution is 2.31. The average molecular weight is 416 g/mol. The van der Waals surface area contributed by atoms with E-state index in [0.29, 0.717) is 29.4 Å². The van der Waals surface area contributed by atoms with Crippen molar-refractivity contribution in [2.24, 2.45) is 0 Å². The number of carbonyl (C=O) groups excluding carboxylic acids is 1. The Kier molecular flexibility index (Phi) is 5.58. The molecular weight excluding hydrogens is 398 g/mol. The Bertz CT molecular complexity index is 907. The number of nitrogens with one attached hydrogen (secondary N) is 1. The van der Waals surface area contributed by atoms with Crippen molar-refractivity contribution in [3.05, 3.63) is 70.3 Å². The smallest absolute Gasteiger partial charge is 0.256 e. The summed E-state index contributed by atoms with van der Waals surface area (Å²) in [5, 5.41) is 7.19. The van der Waals surface area contributed by atoms with Gasteiger partial charge in [-0.15, -0.1) is 0 Å². The number of hydrogen-bond donors (Lipinski definition) is 1. The summed E-state index contributed by atoms with van der Waals surface area (Å²) in [6.45, 7) is 0.434. The van der Waals surface area contributed by atoms with Crippen LogP contribution in [0, 0.1) is 0 Å². The van der Waals surface area contributed by atoms with Gasteiger partial charge in [-0.2, -0.15) is 5.10 Å². The van der Waals surface area contributed by atoms with Crippen LogP contribution in [0.15, 0.2) is 59.2 Å². The summed E-state index contributed by atoms with van der Waals surface area (Å²) in [4.78, 5) is 12.4. The van der Waals surface area contributed by atoms with Crippen molar-refractivity contribution in [3.63, 3.8) is 0 Å². The van der Waals surface area contributed by atoms with E-state index in [9.17, 15) is 4.79 Å². The minimum atomic E-state index is -0.197. The molecule has 0 unspecified atom stereocenters. The van der Waals surface area contributed by atoms with Gasteiger partial charge in [0.25, 0.3) is 5.91 Å². The molecule has 26 heavy (non-hydrogen) atoms. The number of ether oxygens (including phenoxy) is 2. The molecule has 2 aromatic carbocycles. The second-order valence-corrected chi connectivity index (χ2v) is 6.40. The molecule has 0 aliphatic rings. The first-order valence-electron chi connectivity index (χ1n) is 7.91. The molecule has 0 bridgehead atoms. The first kappa shape index (κ1) is 18.0. The minimum Gasteiger partial charge on any atom is -0.493 e. The van der Waals surface area contributed by atoms with Gasteiger partial charge in [0.05, 0.1) is 27.0 Å². The van der Waals surface area contributed by atoms with Crippen LogP contribution in [-0.4, -0.2) is 29.9 Å². The number of halogens is 1. The van der Waals surface area contributed by atoms with Crippen molar-refractivity contribution in [2.45, 2.75) is 6.54 Å². The van der Waals surface area contributed by atoms with Crippen LogP contribution in [-0.2, 0) is 6.54 Å². The number of para-hydroxylation sites is 1. The lowest BCUT2D eigenvalue weighted by atomic mass is 10.2. The number of rotatable bonds is 6. The number of nitrogens with zero attached hydrogens (tertiary/aromatic N) is 2. The lowest BCUT2D eigenvalue weighted by Gasteiger charge is -2.14. The fourth-order valence-electron chi connectivity index (χ4n) is 2.59. The molecule has 0 fully saturated rings. The molecule has 0 aliphatic carbocycles. The van der Waals surface area contributed by atoms with E-state index in [1.807, 2.05) is 30.3 Å². The van der Waals surface area contributed by atoms with Crippen LogP contribution in [0.25, 0.3) is 0 Å². The number of anilines is 1. The van der Waals surface area contributed by atoms with Gasteiger partial charge in [-0.05, 0) is 30.3 Å². The topological polar surface area (TPSA) is 65.4 Å². The van der Waals surface area contributed by atoms with E-state index in [1.165, 1.54) is 0 Å². The van der Waals surface area contributed by atoms with Crippen molar-refractivity contribution in [1.82, 2.24) is 9.78 Å². The first-order chi connectivity index (χ1) is 12.6. The largest absolute Gasteiger partial charge is 0.493 e. The van der Waals surface area contributed by atoms with Crippen molar-refractivity contribution >= 4 is 27.7 Å². The summed E-state index contributed by atoms with van der Waals surface area (Å²) in [5.74, 6) is 1.70. The van der Waals surface area contributed by atoms with E-state index >= 15 is 0 Å². The standard InChI is InChI=1S/C19H18BrN3O3/c1-25-16-5-3-4-14(18(16)26-2)12-23-17(10-11-21-23)22-19(24)13-6-8-15(20)9-7-13/h3-11H,12H2,1-2H3,(H,22,24). The number of carbonyl (C=O) groups is 1. The Hall–Kier alpha value is -2.80. The van der Waals surface area contributed by atoms with E-state index < -0.39 is 0 Å². The molecule has 0 atom stereocenters. The molecule has 1 amide bonds. The third-order valence-electron chi connectivity index (χ3n) is 3.87. The summed E-state index contributed by atoms with van der Waals surface area (Å²) in [5.41, 5.74) is 1.47. The normalized spacial score (nSPS) is 10.4. The molecule has 0 spiro atoms. The first-order valence-corrected chi connectivity index (χ1v) is 8.70. The van der Waals surface area contributed by atoms with E-state index in [0.717, 1.165) is 10.0 Å². The summed E-state index contributed by atoms with van der Waals surface area (Å²) >= 11 is 3.36. The number of hydrogen-bond acceptors (Lipinski definition) is 4. The highest BCUT2D eigenvalue weighted by atomic mass is 79.9. The Morgan fingerprint density at radius 3 is 2.58 bits per heavy atom. The van der Waals surface area contributed by atoms with Gasteiger partial charge in [0.2, 0.25) is 0 Å². The number of benzene rings is 2. The number of amides is 1. The van der Waals surface area contributed by atoms with Gasteiger partial charge in [0, 0.05) is 21.7 Å². The molecule has 3 rings (SSSR count). The molecule has 6 nitrogen and oxygen atoms in total. The SMILES string of the molecule is COc1cccc(Cn2nccc2NC(=O)c2ccc(Br)cc2)c1OC. The van der Waals surface area contributed by atoms with Crippen LogP contribution in [0.2, 0.25) is 0 Å². The maximum absolute atomic E-state index is 12.4. The average Bonchev–Trinajstić information content (AvgIpc) is 3.08. The zero-order valence-corrected chi connectivity index (χ0v) is 16.0. The van der Waals surface area contributed by atoms with Gasteiger partial charge >= 0.3 is 0 Å². The van der Waals surface area contributed by atoms with Gasteiger partial charge in [-0.3, -0.25) is 4.79 Å². The Balaban J connectivity index is 1.81. The molecule has 7 heteroatoms. The molecule has 0 saturated heterocycles. The Morgan fingerprint density at radius 1 is 1.12 bits per heavy atom. The maximum atomic E-state index is 12.4. The van der Waals surface area contributed by atoms with Crippen LogP contribution >= 0.6 is 15.9 Å². The van der Waals surface area contributed by atoms with E-state index in [1.54, 1.807) is 43.3 Å². The predicted octanol–water partition coefficient (Wildman–Crippen LogP) is 3.96. The second kappa shape index (κ2) is 8.05. The van der Waals surface area contributed by atoms with E-state index in [4.69, 9.17) is 9.47 Å². The Labute approximate surface area is 159 Å². The number of methoxy groups -OCH3 is 2. The quantitative estimate of drug-likeness (QED) is 0.661. The van der Waals surface area contributed by atoms with E-state index in [2.05, 4.69) is 26.3 Å². The third-order valence-corrected chi connectivity index (χ3v) is 4.40. The second-order valence-electron chi connectivity index (χ2n) is 5.49. The number of aromatic nitrogens is 2. The predicted molar refractivity (Wildman–Crippen MR) is 103 cm³/mol. The lowest BCUT2D eigenvalue weighted by molar-refractivity contribution is 0.102. The molecule has 0 radical (unpaired) electrons. The van der Waals surface area contributed by atoms with Crippen molar-refractivity contribution in [3.8, 4) is 11.5 Å². The van der Waals surface area contributed by atoms with Crippen molar-refractivity contribution < 1.29 is 14.3 Å². The monoisotopic (exact) mass is 415 g/mol. The summed E-state index contributed by atoms with van der Waals surface area (Å²) in [7, 11) is 3.19. The van der Waals surface area contributed by atoms with Crippen LogP contribution in [0.5, 0.6) is 11.5 Å². The van der Waals surface area contributed by atoms with Crippen LogP contribution in [0.4, 0.5) is 5.82 Å². The lowest BCUT2D eigenvalue weighted by Crippen LogP contribution is -2.16. The molecule has 3 aromatic rings. The van der Waals surface area contributed by atoms with Crippen LogP contribution in [0.1, 0.15) is 15.9 Å². The molecule has 1 N–H and O–H groups in total. The van der Waals surface area contributed by atoms with E-state index in [-0.39, 0.29) is 5.91 Å². The van der Waals surface area contributed by atoms with Gasteiger partial charge in [-0.1, -0.05) is 28.1 Å². The van der Waals surface area contributed by atoms with Gasteiger partial charge in [-0.25, -0.2) is 4.68 Å². The highest BCUT2D eigenvalue weighted by Gasteiger charge is 2.14. The molecule has 0 aliphatic heterocycles. The summed E-state index contributed by atoms with van der Waals surface area (Å²) in [6, 6.07) is 14.6. The summed E-state index contributed by atoms with van der Waals surface area (Å²) in [6.07, 6.45) is 1.64. The zero-order valence-electron chi connectivity index (χ0n) is 14.4. The van der Waals surface area contributed by atoms with Crippen molar-refractivity contribution in [1.29, 1.82) is 0 Å². The van der Waals surface area contributed by atoms with Gasteiger partial charge < -0.3 is 14.8 Å². The maximum Gasteiger partial charge on any atom is 0.256 e. The highest BCUT2D eigenvalue weighted by molar-refractivity contribution is 9.10. The molecular formula is C19H18BrN3O3. The molecule has 1 heterocycles. The zero-order chi connectivity index (χ0) is 18.5. The fourth-order valence-corrected chi connectivity index (χ4v) is 2.86. The molecule has 0 saturated carbocycles. The summed E-state index contributed by atoms with van der Waals surface area (Å²) < 4.78 is 13.4. The van der Waals surface area contributed by atoms with Crippen molar-refractivity contribution in [2.75, 3.05) is 19.5 Å². The minimum absolute atomic E-state index is 0.197. The third kappa shape index (κ3) is 3.88. The van der Waals surface area contributed by atoms with Crippen LogP contribution in [0.3, 0.4) is 0 Å². The Morgan fingerprint density at radius 2 is 1.88 bits per heavy atom. The van der Waals surface area contributed by atoms with Gasteiger partial charge in [0.15, 0.2) is 11.5 Å². The fraction of sp³-hybridized carbons (Fsp3) is 0.158.